The molecule has 0 fully saturated rings. The van der Waals surface area contributed by atoms with Gasteiger partial charge in [0.15, 0.2) is 0 Å². The molecule has 29 heavy (non-hydrogen) atoms. The zero-order chi connectivity index (χ0) is 20.1. The first-order valence-corrected chi connectivity index (χ1v) is 10.4. The van der Waals surface area contributed by atoms with Crippen molar-refractivity contribution in [2.24, 2.45) is 0 Å². The number of carbonyl (C=O) groups excluding carboxylic acids is 1. The second-order valence-electron chi connectivity index (χ2n) is 6.63. The summed E-state index contributed by atoms with van der Waals surface area (Å²) in [7, 11) is 0. The van der Waals surface area contributed by atoms with E-state index >= 15 is 0 Å². The van der Waals surface area contributed by atoms with E-state index in [1.54, 1.807) is 12.5 Å². The maximum Gasteiger partial charge on any atom is 0.226 e. The van der Waals surface area contributed by atoms with Gasteiger partial charge in [-0.15, -0.1) is 11.3 Å². The summed E-state index contributed by atoms with van der Waals surface area (Å²) in [6.45, 7) is 1.27. The highest BCUT2D eigenvalue weighted by Crippen LogP contribution is 2.30. The van der Waals surface area contributed by atoms with Crippen molar-refractivity contribution in [3.63, 3.8) is 0 Å². The Morgan fingerprint density at radius 3 is 2.66 bits per heavy atom. The van der Waals surface area contributed by atoms with Crippen molar-refractivity contribution in [2.75, 3.05) is 0 Å². The summed E-state index contributed by atoms with van der Waals surface area (Å²) in [4.78, 5) is 20.9. The molecule has 0 spiro atoms. The fourth-order valence-electron chi connectivity index (χ4n) is 2.93. The summed E-state index contributed by atoms with van der Waals surface area (Å²) in [6.07, 6.45) is 5.75. The molecule has 146 valence electrons. The number of nitrogens with one attached hydrogen (secondary N) is 1. The molecule has 0 bridgehead atoms. The van der Waals surface area contributed by atoms with Gasteiger partial charge in [0.1, 0.15) is 5.01 Å². The number of halogens is 1. The third kappa shape index (κ3) is 5.10. The van der Waals surface area contributed by atoms with Crippen molar-refractivity contribution in [2.45, 2.75) is 19.5 Å². The molecule has 0 radical (unpaired) electrons. The molecule has 0 aliphatic heterocycles. The van der Waals surface area contributed by atoms with Gasteiger partial charge in [0, 0.05) is 36.4 Å². The maximum absolute atomic E-state index is 12.3. The minimum Gasteiger partial charge on any atom is -0.352 e. The number of amides is 1. The van der Waals surface area contributed by atoms with Crippen molar-refractivity contribution in [3.8, 4) is 10.6 Å². The first-order valence-electron chi connectivity index (χ1n) is 9.17. The van der Waals surface area contributed by atoms with E-state index in [1.807, 2.05) is 52.5 Å². The molecule has 1 N–H and O–H groups in total. The Balaban J connectivity index is 1.30. The molecule has 4 aromatic rings. The molecule has 7 heteroatoms. The van der Waals surface area contributed by atoms with Crippen molar-refractivity contribution in [1.82, 2.24) is 19.9 Å². The Bertz CT molecular complexity index is 1090. The van der Waals surface area contributed by atoms with E-state index in [2.05, 4.69) is 27.4 Å². The normalized spacial score (nSPS) is 10.8. The van der Waals surface area contributed by atoms with Gasteiger partial charge in [-0.1, -0.05) is 54.1 Å². The summed E-state index contributed by atoms with van der Waals surface area (Å²) in [5.74, 6) is -0.0523. The second-order valence-corrected chi connectivity index (χ2v) is 7.89. The van der Waals surface area contributed by atoms with Crippen LogP contribution in [-0.4, -0.2) is 20.4 Å². The molecule has 2 aromatic heterocycles. The van der Waals surface area contributed by atoms with Gasteiger partial charge in [-0.25, -0.2) is 9.97 Å². The highest BCUT2D eigenvalue weighted by Gasteiger charge is 2.11. The Hall–Kier alpha value is -2.96. The topological polar surface area (TPSA) is 59.8 Å². The fraction of sp³-hybridized carbons (Fsp3) is 0.136. The molecule has 2 heterocycles. The molecule has 4 rings (SSSR count). The smallest absolute Gasteiger partial charge is 0.226 e. The molecule has 2 aromatic carbocycles. The quantitative estimate of drug-likeness (QED) is 0.474. The Morgan fingerprint density at radius 2 is 1.90 bits per heavy atom. The molecule has 0 aliphatic rings. The number of benzene rings is 2. The number of aromatic nitrogens is 3. The number of hydrogen-bond donors (Lipinski definition) is 1. The van der Waals surface area contributed by atoms with Crippen LogP contribution >= 0.6 is 22.9 Å². The molecular weight excluding hydrogens is 404 g/mol. The molecule has 0 unspecified atom stereocenters. The van der Waals surface area contributed by atoms with E-state index in [-0.39, 0.29) is 12.3 Å². The molecule has 1 amide bonds. The van der Waals surface area contributed by atoms with E-state index < -0.39 is 0 Å². The average Bonchev–Trinajstić information content (AvgIpc) is 3.40. The lowest BCUT2D eigenvalue weighted by Gasteiger charge is -2.07. The fourth-order valence-corrected chi connectivity index (χ4v) is 4.07. The minimum atomic E-state index is -0.0523. The summed E-state index contributed by atoms with van der Waals surface area (Å²) in [6, 6.07) is 15.8. The molecular formula is C22H19ClN4OS. The van der Waals surface area contributed by atoms with Crippen LogP contribution in [0.25, 0.3) is 10.6 Å². The van der Waals surface area contributed by atoms with Crippen LogP contribution in [0.2, 0.25) is 5.02 Å². The highest BCUT2D eigenvalue weighted by atomic mass is 35.5. The lowest BCUT2D eigenvalue weighted by molar-refractivity contribution is -0.120. The zero-order valence-corrected chi connectivity index (χ0v) is 17.2. The summed E-state index contributed by atoms with van der Waals surface area (Å²) < 4.78 is 2.02. The largest absolute Gasteiger partial charge is 0.352 e. The van der Waals surface area contributed by atoms with E-state index in [9.17, 15) is 4.79 Å². The molecule has 0 aliphatic carbocycles. The SMILES string of the molecule is O=C(Cc1csc(-c2ccccc2Cl)n1)NCc1ccc(Cn2ccnc2)cc1. The van der Waals surface area contributed by atoms with Crippen molar-refractivity contribution < 1.29 is 4.79 Å². The first-order chi connectivity index (χ1) is 14.2. The van der Waals surface area contributed by atoms with Crippen molar-refractivity contribution in [1.29, 1.82) is 0 Å². The predicted octanol–water partition coefficient (Wildman–Crippen LogP) is 4.57. The van der Waals surface area contributed by atoms with Gasteiger partial charge in [-0.2, -0.15) is 0 Å². The lowest BCUT2D eigenvalue weighted by atomic mass is 10.1. The number of imidazole rings is 1. The van der Waals surface area contributed by atoms with E-state index in [0.29, 0.717) is 11.6 Å². The molecule has 0 saturated heterocycles. The van der Waals surface area contributed by atoms with Crippen LogP contribution < -0.4 is 5.32 Å². The maximum atomic E-state index is 12.3. The van der Waals surface area contributed by atoms with Gasteiger partial charge in [0.25, 0.3) is 0 Å². The van der Waals surface area contributed by atoms with Crippen LogP contribution in [0, 0.1) is 0 Å². The van der Waals surface area contributed by atoms with Gasteiger partial charge in [0.2, 0.25) is 5.91 Å². The molecule has 5 nitrogen and oxygen atoms in total. The Kier molecular flexibility index (Phi) is 6.03. The third-order valence-electron chi connectivity index (χ3n) is 4.43. The van der Waals surface area contributed by atoms with Gasteiger partial charge >= 0.3 is 0 Å². The van der Waals surface area contributed by atoms with Crippen LogP contribution in [0.5, 0.6) is 0 Å². The molecule has 0 saturated carbocycles. The minimum absolute atomic E-state index is 0.0523. The number of thiazole rings is 1. The molecule has 0 atom stereocenters. The van der Waals surface area contributed by atoms with Crippen molar-refractivity contribution in [3.05, 3.63) is 94.5 Å². The van der Waals surface area contributed by atoms with Crippen LogP contribution in [0.3, 0.4) is 0 Å². The lowest BCUT2D eigenvalue weighted by Crippen LogP contribution is -2.24. The Morgan fingerprint density at radius 1 is 1.10 bits per heavy atom. The standard InChI is InChI=1S/C22H19ClN4OS/c23-20-4-2-1-3-19(20)22-26-18(14-29-22)11-21(28)25-12-16-5-7-17(8-6-16)13-27-10-9-24-15-27/h1-10,14-15H,11-13H2,(H,25,28). The highest BCUT2D eigenvalue weighted by molar-refractivity contribution is 7.13. The van der Waals surface area contributed by atoms with Crippen LogP contribution in [0.4, 0.5) is 0 Å². The third-order valence-corrected chi connectivity index (χ3v) is 5.69. The van der Waals surface area contributed by atoms with Crippen LogP contribution in [-0.2, 0) is 24.3 Å². The second kappa shape index (κ2) is 9.03. The first kappa shape index (κ1) is 19.4. The number of carbonyl (C=O) groups is 1. The number of hydrogen-bond acceptors (Lipinski definition) is 4. The summed E-state index contributed by atoms with van der Waals surface area (Å²) >= 11 is 7.72. The monoisotopic (exact) mass is 422 g/mol. The van der Waals surface area contributed by atoms with Gasteiger partial charge in [-0.05, 0) is 17.2 Å². The van der Waals surface area contributed by atoms with Gasteiger partial charge in [-0.3, -0.25) is 4.79 Å². The average molecular weight is 423 g/mol. The van der Waals surface area contributed by atoms with E-state index in [1.165, 1.54) is 16.9 Å². The van der Waals surface area contributed by atoms with E-state index in [4.69, 9.17) is 11.6 Å². The zero-order valence-electron chi connectivity index (χ0n) is 15.6. The van der Waals surface area contributed by atoms with Crippen LogP contribution in [0.15, 0.2) is 72.6 Å². The summed E-state index contributed by atoms with van der Waals surface area (Å²) in [5, 5.41) is 6.35. The number of nitrogens with zero attached hydrogens (tertiary/aromatic N) is 3. The van der Waals surface area contributed by atoms with Crippen molar-refractivity contribution >= 4 is 28.8 Å². The van der Waals surface area contributed by atoms with Gasteiger partial charge < -0.3 is 9.88 Å². The number of rotatable bonds is 7. The van der Waals surface area contributed by atoms with Crippen LogP contribution in [0.1, 0.15) is 16.8 Å². The summed E-state index contributed by atoms with van der Waals surface area (Å²) in [5.41, 5.74) is 3.88. The van der Waals surface area contributed by atoms with Gasteiger partial charge in [0.05, 0.1) is 23.5 Å². The predicted molar refractivity (Wildman–Crippen MR) is 116 cm³/mol. The van der Waals surface area contributed by atoms with E-state index in [0.717, 1.165) is 28.4 Å². The Labute approximate surface area is 178 Å².